The standard InChI is InChI=1S/C34H46O7/c1-3-4-5-6-7-8-9-10-11-12-13-14-15-16-17-18-33(38)40-26-22-28(36)34-29(37)24-31(41-32(34)23-26)25-19-20-30(39-2)27(35)21-25/h9-10,19-23,31,35-36H,3-8,11-18,24H2,1-2H3/b10-9-. The van der Waals surface area contributed by atoms with Crippen LogP contribution in [-0.2, 0) is 4.79 Å². The smallest absolute Gasteiger partial charge is 0.311 e. The molecular weight excluding hydrogens is 520 g/mol. The summed E-state index contributed by atoms with van der Waals surface area (Å²) in [5.41, 5.74) is 0.658. The number of phenolic OH excluding ortho intramolecular Hbond substituents is 2. The zero-order valence-electron chi connectivity index (χ0n) is 24.7. The molecule has 0 saturated heterocycles. The van der Waals surface area contributed by atoms with Gasteiger partial charge in [0.25, 0.3) is 0 Å². The van der Waals surface area contributed by atoms with Crippen molar-refractivity contribution in [2.45, 2.75) is 109 Å². The number of rotatable bonds is 18. The van der Waals surface area contributed by atoms with Gasteiger partial charge in [-0.15, -0.1) is 0 Å². The van der Waals surface area contributed by atoms with Gasteiger partial charge in [-0.2, -0.15) is 0 Å². The molecule has 2 aromatic carbocycles. The lowest BCUT2D eigenvalue weighted by Crippen LogP contribution is -2.20. The largest absolute Gasteiger partial charge is 0.507 e. The van der Waals surface area contributed by atoms with E-state index < -0.39 is 6.10 Å². The van der Waals surface area contributed by atoms with E-state index in [-0.39, 0.29) is 53.2 Å². The summed E-state index contributed by atoms with van der Waals surface area (Å²) in [5.74, 6) is -0.438. The highest BCUT2D eigenvalue weighted by Gasteiger charge is 2.31. The fraction of sp³-hybridized carbons (Fsp3) is 0.529. The van der Waals surface area contributed by atoms with Gasteiger partial charge in [-0.25, -0.2) is 0 Å². The van der Waals surface area contributed by atoms with Gasteiger partial charge in [0.1, 0.15) is 28.9 Å². The Morgan fingerprint density at radius 1 is 0.902 bits per heavy atom. The second-order valence-corrected chi connectivity index (χ2v) is 10.8. The number of methoxy groups -OCH3 is 1. The molecular formula is C34H46O7. The Morgan fingerprint density at radius 3 is 2.22 bits per heavy atom. The van der Waals surface area contributed by atoms with E-state index in [4.69, 9.17) is 14.2 Å². The summed E-state index contributed by atoms with van der Waals surface area (Å²) in [4.78, 5) is 25.2. The third kappa shape index (κ3) is 10.5. The summed E-state index contributed by atoms with van der Waals surface area (Å²) in [6, 6.07) is 7.53. The number of allylic oxidation sites excluding steroid dienone is 2. The van der Waals surface area contributed by atoms with E-state index in [2.05, 4.69) is 19.1 Å². The van der Waals surface area contributed by atoms with E-state index in [0.717, 1.165) is 32.1 Å². The number of carbonyl (C=O) groups excluding carboxylic acids is 2. The first-order valence-corrected chi connectivity index (χ1v) is 15.2. The number of fused-ring (bicyclic) bond motifs is 1. The summed E-state index contributed by atoms with van der Waals surface area (Å²) < 4.78 is 16.5. The molecule has 0 saturated carbocycles. The number of esters is 1. The number of Topliss-reactive ketones (excluding diaryl/α,β-unsaturated/α-hetero) is 1. The first-order chi connectivity index (χ1) is 19.9. The molecule has 0 spiro atoms. The average molecular weight is 567 g/mol. The van der Waals surface area contributed by atoms with Gasteiger partial charge in [-0.3, -0.25) is 9.59 Å². The van der Waals surface area contributed by atoms with Crippen LogP contribution < -0.4 is 14.2 Å². The van der Waals surface area contributed by atoms with E-state index in [9.17, 15) is 19.8 Å². The third-order valence-electron chi connectivity index (χ3n) is 7.42. The maximum Gasteiger partial charge on any atom is 0.311 e. The molecule has 0 fully saturated rings. The topological polar surface area (TPSA) is 102 Å². The van der Waals surface area contributed by atoms with Crippen molar-refractivity contribution in [3.05, 3.63) is 53.6 Å². The lowest BCUT2D eigenvalue weighted by atomic mass is 9.95. The first kappa shape index (κ1) is 32.0. The molecule has 1 heterocycles. The molecule has 224 valence electrons. The predicted molar refractivity (Wildman–Crippen MR) is 160 cm³/mol. The Hall–Kier alpha value is -3.48. The van der Waals surface area contributed by atoms with Crippen LogP contribution in [-0.4, -0.2) is 29.1 Å². The van der Waals surface area contributed by atoms with Crippen molar-refractivity contribution in [1.82, 2.24) is 0 Å². The fourth-order valence-corrected chi connectivity index (χ4v) is 5.09. The van der Waals surface area contributed by atoms with Crippen LogP contribution in [0.15, 0.2) is 42.5 Å². The zero-order chi connectivity index (χ0) is 29.5. The molecule has 7 heteroatoms. The molecule has 7 nitrogen and oxygen atoms in total. The zero-order valence-corrected chi connectivity index (χ0v) is 24.7. The molecule has 2 N–H and O–H groups in total. The molecule has 2 aromatic rings. The molecule has 0 aromatic heterocycles. The van der Waals surface area contributed by atoms with Gasteiger partial charge in [0.05, 0.1) is 13.5 Å². The van der Waals surface area contributed by atoms with Crippen LogP contribution in [0.5, 0.6) is 28.7 Å². The number of hydrogen-bond donors (Lipinski definition) is 2. The van der Waals surface area contributed by atoms with Crippen molar-refractivity contribution in [3.8, 4) is 28.7 Å². The summed E-state index contributed by atoms with van der Waals surface area (Å²) in [7, 11) is 1.45. The highest BCUT2D eigenvalue weighted by Crippen LogP contribution is 2.43. The quantitative estimate of drug-likeness (QED) is 0.0804. The summed E-state index contributed by atoms with van der Waals surface area (Å²) in [6.45, 7) is 2.24. The second-order valence-electron chi connectivity index (χ2n) is 10.8. The van der Waals surface area contributed by atoms with Crippen LogP contribution in [0, 0.1) is 0 Å². The fourth-order valence-electron chi connectivity index (χ4n) is 5.09. The number of ether oxygens (including phenoxy) is 3. The maximum atomic E-state index is 12.8. The van der Waals surface area contributed by atoms with E-state index >= 15 is 0 Å². The van der Waals surface area contributed by atoms with E-state index in [1.807, 2.05) is 0 Å². The van der Waals surface area contributed by atoms with Crippen LogP contribution in [0.4, 0.5) is 0 Å². The Balaban J connectivity index is 1.36. The van der Waals surface area contributed by atoms with Crippen LogP contribution >= 0.6 is 0 Å². The SMILES string of the molecule is CCCCCCC/C=C\CCCCCCCCC(=O)Oc1cc(O)c2c(c1)OC(c1ccc(OC)c(O)c1)CC2=O. The predicted octanol–water partition coefficient (Wildman–Crippen LogP) is 8.76. The number of ketones is 1. The normalized spacial score (nSPS) is 14.6. The van der Waals surface area contributed by atoms with Gasteiger partial charge >= 0.3 is 5.97 Å². The molecule has 41 heavy (non-hydrogen) atoms. The lowest BCUT2D eigenvalue weighted by Gasteiger charge is -2.26. The maximum absolute atomic E-state index is 12.8. The summed E-state index contributed by atoms with van der Waals surface area (Å²) in [5, 5.41) is 20.6. The van der Waals surface area contributed by atoms with Crippen LogP contribution in [0.2, 0.25) is 0 Å². The van der Waals surface area contributed by atoms with Crippen molar-refractivity contribution in [3.63, 3.8) is 0 Å². The van der Waals surface area contributed by atoms with Crippen LogP contribution in [0.1, 0.15) is 125 Å². The monoisotopic (exact) mass is 566 g/mol. The highest BCUT2D eigenvalue weighted by atomic mass is 16.5. The highest BCUT2D eigenvalue weighted by molar-refractivity contribution is 6.02. The molecule has 0 bridgehead atoms. The average Bonchev–Trinajstić information content (AvgIpc) is 2.94. The lowest BCUT2D eigenvalue weighted by molar-refractivity contribution is -0.134. The second kappa shape index (κ2) is 17.4. The number of hydrogen-bond acceptors (Lipinski definition) is 7. The van der Waals surface area contributed by atoms with Crippen LogP contribution in [0.25, 0.3) is 0 Å². The Bertz CT molecular complexity index is 1150. The Kier molecular flexibility index (Phi) is 13.6. The molecule has 1 unspecified atom stereocenters. The molecule has 3 rings (SSSR count). The van der Waals surface area contributed by atoms with E-state index in [1.165, 1.54) is 76.7 Å². The van der Waals surface area contributed by atoms with Crippen molar-refractivity contribution >= 4 is 11.8 Å². The Labute approximate surface area is 244 Å². The Morgan fingerprint density at radius 2 is 1.56 bits per heavy atom. The number of carbonyl (C=O) groups is 2. The van der Waals surface area contributed by atoms with Crippen molar-refractivity contribution < 1.29 is 34.0 Å². The van der Waals surface area contributed by atoms with Gasteiger partial charge in [-0.05, 0) is 49.8 Å². The van der Waals surface area contributed by atoms with Gasteiger partial charge in [-0.1, -0.05) is 76.5 Å². The van der Waals surface area contributed by atoms with E-state index in [1.54, 1.807) is 12.1 Å². The molecule has 0 radical (unpaired) electrons. The molecule has 0 amide bonds. The van der Waals surface area contributed by atoms with Gasteiger partial charge in [0, 0.05) is 18.6 Å². The number of aromatic hydroxyl groups is 2. The minimum Gasteiger partial charge on any atom is -0.507 e. The first-order valence-electron chi connectivity index (χ1n) is 15.2. The number of phenols is 2. The minimum atomic E-state index is -0.659. The number of benzene rings is 2. The third-order valence-corrected chi connectivity index (χ3v) is 7.42. The van der Waals surface area contributed by atoms with Crippen LogP contribution in [0.3, 0.4) is 0 Å². The van der Waals surface area contributed by atoms with Gasteiger partial charge in [0.15, 0.2) is 17.3 Å². The van der Waals surface area contributed by atoms with Crippen molar-refractivity contribution in [2.24, 2.45) is 0 Å². The van der Waals surface area contributed by atoms with Gasteiger partial charge in [0.2, 0.25) is 0 Å². The van der Waals surface area contributed by atoms with Crippen molar-refractivity contribution in [1.29, 1.82) is 0 Å². The minimum absolute atomic E-state index is 0.00135. The molecule has 1 aliphatic heterocycles. The summed E-state index contributed by atoms with van der Waals surface area (Å²) in [6.07, 6.45) is 19.6. The molecule has 1 atom stereocenters. The summed E-state index contributed by atoms with van der Waals surface area (Å²) >= 11 is 0. The van der Waals surface area contributed by atoms with Gasteiger partial charge < -0.3 is 24.4 Å². The molecule has 0 aliphatic carbocycles. The molecule has 1 aliphatic rings. The van der Waals surface area contributed by atoms with Crippen molar-refractivity contribution in [2.75, 3.05) is 7.11 Å². The van der Waals surface area contributed by atoms with E-state index in [0.29, 0.717) is 11.3 Å². The number of unbranched alkanes of at least 4 members (excludes halogenated alkanes) is 11.